The first-order chi connectivity index (χ1) is 12.1. The Hall–Kier alpha value is -1.63. The molecular formula is C19H28N2O4. The van der Waals surface area contributed by atoms with Crippen molar-refractivity contribution in [1.82, 2.24) is 9.80 Å². The van der Waals surface area contributed by atoms with Crippen molar-refractivity contribution < 1.29 is 19.0 Å². The Kier molecular flexibility index (Phi) is 6.29. The highest BCUT2D eigenvalue weighted by molar-refractivity contribution is 5.81. The third-order valence-corrected chi connectivity index (χ3v) is 4.80. The smallest absolute Gasteiger partial charge is 0.263 e. The van der Waals surface area contributed by atoms with Crippen molar-refractivity contribution in [2.24, 2.45) is 0 Å². The lowest BCUT2D eigenvalue weighted by Crippen LogP contribution is -2.52. The summed E-state index contributed by atoms with van der Waals surface area (Å²) in [7, 11) is 0. The average Bonchev–Trinajstić information content (AvgIpc) is 3.15. The van der Waals surface area contributed by atoms with Gasteiger partial charge in [-0.05, 0) is 25.5 Å². The number of piperazine rings is 1. The lowest BCUT2D eigenvalue weighted by atomic mass is 10.2. The van der Waals surface area contributed by atoms with E-state index in [2.05, 4.69) is 4.90 Å². The predicted octanol–water partition coefficient (Wildman–Crippen LogP) is 1.67. The van der Waals surface area contributed by atoms with E-state index in [0.29, 0.717) is 13.2 Å². The van der Waals surface area contributed by atoms with Gasteiger partial charge in [0.15, 0.2) is 12.4 Å². The molecule has 0 N–H and O–H groups in total. The van der Waals surface area contributed by atoms with Crippen molar-refractivity contribution in [3.8, 4) is 5.75 Å². The SMILES string of the molecule is Cc1ccccc1O[C@H](C)C(=O)N1CCN(CCC2OCCO2)CC1. The minimum Gasteiger partial charge on any atom is -0.481 e. The Morgan fingerprint density at radius 3 is 2.56 bits per heavy atom. The predicted molar refractivity (Wildman–Crippen MR) is 94.6 cm³/mol. The third-order valence-electron chi connectivity index (χ3n) is 4.80. The van der Waals surface area contributed by atoms with Gasteiger partial charge in [0.1, 0.15) is 5.75 Å². The summed E-state index contributed by atoms with van der Waals surface area (Å²) in [5, 5.41) is 0. The molecule has 0 saturated carbocycles. The lowest BCUT2D eigenvalue weighted by Gasteiger charge is -2.36. The van der Waals surface area contributed by atoms with Crippen molar-refractivity contribution >= 4 is 5.91 Å². The van der Waals surface area contributed by atoms with Crippen LogP contribution in [-0.4, -0.2) is 74.0 Å². The van der Waals surface area contributed by atoms with Gasteiger partial charge in [-0.15, -0.1) is 0 Å². The van der Waals surface area contributed by atoms with Gasteiger partial charge in [0.05, 0.1) is 13.2 Å². The first-order valence-electron chi connectivity index (χ1n) is 9.10. The van der Waals surface area contributed by atoms with Gasteiger partial charge in [0.25, 0.3) is 5.91 Å². The molecule has 2 fully saturated rings. The minimum absolute atomic E-state index is 0.0535. The average molecular weight is 348 g/mol. The van der Waals surface area contributed by atoms with Crippen molar-refractivity contribution in [2.45, 2.75) is 32.7 Å². The van der Waals surface area contributed by atoms with Crippen LogP contribution < -0.4 is 4.74 Å². The van der Waals surface area contributed by atoms with Crippen LogP contribution in [-0.2, 0) is 14.3 Å². The summed E-state index contributed by atoms with van der Waals surface area (Å²) >= 11 is 0. The van der Waals surface area contributed by atoms with Gasteiger partial charge >= 0.3 is 0 Å². The van der Waals surface area contributed by atoms with Crippen molar-refractivity contribution in [1.29, 1.82) is 0 Å². The molecule has 2 heterocycles. The number of carbonyl (C=O) groups excluding carboxylic acids is 1. The first kappa shape index (κ1) is 18.2. The van der Waals surface area contributed by atoms with Crippen LogP contribution in [0.3, 0.4) is 0 Å². The number of rotatable bonds is 6. The van der Waals surface area contributed by atoms with Crippen LogP contribution in [0.5, 0.6) is 5.75 Å². The standard InChI is InChI=1S/C19H28N2O4/c1-15-5-3-4-6-17(15)25-16(2)19(22)21-11-9-20(10-12-21)8-7-18-23-13-14-24-18/h3-6,16,18H,7-14H2,1-2H3/t16-/m1/s1. The molecule has 6 nitrogen and oxygen atoms in total. The summed E-state index contributed by atoms with van der Waals surface area (Å²) in [4.78, 5) is 16.9. The molecule has 0 aliphatic carbocycles. The number of para-hydroxylation sites is 1. The molecule has 2 aliphatic heterocycles. The van der Waals surface area contributed by atoms with Crippen LogP contribution in [0.1, 0.15) is 18.9 Å². The number of ether oxygens (including phenoxy) is 3. The molecule has 1 amide bonds. The molecule has 0 aromatic heterocycles. The molecule has 6 heteroatoms. The quantitative estimate of drug-likeness (QED) is 0.783. The number of carbonyl (C=O) groups is 1. The van der Waals surface area contributed by atoms with E-state index < -0.39 is 6.10 Å². The van der Waals surface area contributed by atoms with Gasteiger partial charge in [0, 0.05) is 39.1 Å². The monoisotopic (exact) mass is 348 g/mol. The van der Waals surface area contributed by atoms with Crippen molar-refractivity contribution in [3.63, 3.8) is 0 Å². The highest BCUT2D eigenvalue weighted by Gasteiger charge is 2.27. The van der Waals surface area contributed by atoms with Gasteiger partial charge < -0.3 is 19.1 Å². The van der Waals surface area contributed by atoms with Crippen LogP contribution in [0, 0.1) is 6.92 Å². The normalized spacial score (nSPS) is 20.6. The maximum atomic E-state index is 12.6. The Labute approximate surface area is 149 Å². The van der Waals surface area contributed by atoms with Gasteiger partial charge in [-0.1, -0.05) is 18.2 Å². The van der Waals surface area contributed by atoms with Gasteiger partial charge in [-0.2, -0.15) is 0 Å². The largest absolute Gasteiger partial charge is 0.481 e. The highest BCUT2D eigenvalue weighted by Crippen LogP contribution is 2.19. The first-order valence-corrected chi connectivity index (χ1v) is 9.10. The fourth-order valence-corrected chi connectivity index (χ4v) is 3.24. The van der Waals surface area contributed by atoms with Crippen LogP contribution in [0.2, 0.25) is 0 Å². The highest BCUT2D eigenvalue weighted by atomic mass is 16.7. The lowest BCUT2D eigenvalue weighted by molar-refractivity contribution is -0.139. The summed E-state index contributed by atoms with van der Waals surface area (Å²) < 4.78 is 16.8. The topological polar surface area (TPSA) is 51.2 Å². The van der Waals surface area contributed by atoms with E-state index in [4.69, 9.17) is 14.2 Å². The second-order valence-electron chi connectivity index (χ2n) is 6.65. The van der Waals surface area contributed by atoms with E-state index in [1.807, 2.05) is 43.0 Å². The van der Waals surface area contributed by atoms with Crippen LogP contribution >= 0.6 is 0 Å². The molecule has 1 atom stereocenters. The molecule has 2 aliphatic rings. The Morgan fingerprint density at radius 1 is 1.20 bits per heavy atom. The number of amides is 1. The molecule has 2 saturated heterocycles. The summed E-state index contributed by atoms with van der Waals surface area (Å²) in [5.74, 6) is 0.837. The summed E-state index contributed by atoms with van der Waals surface area (Å²) in [6.07, 6.45) is 0.371. The zero-order valence-electron chi connectivity index (χ0n) is 15.1. The van der Waals surface area contributed by atoms with Crippen LogP contribution in [0.4, 0.5) is 0 Å². The van der Waals surface area contributed by atoms with Gasteiger partial charge in [-0.25, -0.2) is 0 Å². The maximum absolute atomic E-state index is 12.6. The molecule has 0 spiro atoms. The molecule has 1 aromatic rings. The van der Waals surface area contributed by atoms with E-state index in [-0.39, 0.29) is 12.2 Å². The second kappa shape index (κ2) is 8.65. The van der Waals surface area contributed by atoms with Crippen molar-refractivity contribution in [3.05, 3.63) is 29.8 Å². The third kappa shape index (κ3) is 4.93. The fraction of sp³-hybridized carbons (Fsp3) is 0.632. The molecule has 0 radical (unpaired) electrons. The Bertz CT molecular complexity index is 566. The molecule has 0 bridgehead atoms. The summed E-state index contributed by atoms with van der Waals surface area (Å²) in [5.41, 5.74) is 1.04. The Balaban J connectivity index is 1.42. The van der Waals surface area contributed by atoms with E-state index >= 15 is 0 Å². The van der Waals surface area contributed by atoms with Crippen LogP contribution in [0.25, 0.3) is 0 Å². The number of aryl methyl sites for hydroxylation is 1. The summed E-state index contributed by atoms with van der Waals surface area (Å²) in [6.45, 7) is 9.42. The molecule has 138 valence electrons. The van der Waals surface area contributed by atoms with Gasteiger partial charge in [0.2, 0.25) is 0 Å². The zero-order valence-corrected chi connectivity index (χ0v) is 15.1. The number of hydrogen-bond donors (Lipinski definition) is 0. The van der Waals surface area contributed by atoms with Crippen LogP contribution in [0.15, 0.2) is 24.3 Å². The van der Waals surface area contributed by atoms with E-state index in [0.717, 1.165) is 50.5 Å². The number of benzene rings is 1. The maximum Gasteiger partial charge on any atom is 0.263 e. The number of hydrogen-bond acceptors (Lipinski definition) is 5. The molecule has 1 aromatic carbocycles. The zero-order chi connectivity index (χ0) is 17.6. The number of nitrogens with zero attached hydrogens (tertiary/aromatic N) is 2. The molecule has 25 heavy (non-hydrogen) atoms. The molecular weight excluding hydrogens is 320 g/mol. The van der Waals surface area contributed by atoms with E-state index in [9.17, 15) is 4.79 Å². The summed E-state index contributed by atoms with van der Waals surface area (Å²) in [6, 6.07) is 7.79. The second-order valence-corrected chi connectivity index (χ2v) is 6.65. The van der Waals surface area contributed by atoms with Crippen molar-refractivity contribution in [2.75, 3.05) is 45.9 Å². The molecule has 3 rings (SSSR count). The molecule has 0 unspecified atom stereocenters. The fourth-order valence-electron chi connectivity index (χ4n) is 3.24. The minimum atomic E-state index is -0.465. The Morgan fingerprint density at radius 2 is 1.88 bits per heavy atom. The van der Waals surface area contributed by atoms with E-state index in [1.54, 1.807) is 0 Å². The van der Waals surface area contributed by atoms with Gasteiger partial charge in [-0.3, -0.25) is 9.69 Å². The van der Waals surface area contributed by atoms with E-state index in [1.165, 1.54) is 0 Å².